The summed E-state index contributed by atoms with van der Waals surface area (Å²) in [6.07, 6.45) is -0.476. The quantitative estimate of drug-likeness (QED) is 0.843. The SMILES string of the molecule is O=C(O)CC1C(=O)NCCN1C(=O)c1ccc(F)cc1Br. The zero-order chi connectivity index (χ0) is 15.6. The highest BCUT2D eigenvalue weighted by Crippen LogP contribution is 2.22. The van der Waals surface area contributed by atoms with Gasteiger partial charge in [0.1, 0.15) is 11.9 Å². The van der Waals surface area contributed by atoms with Gasteiger partial charge in [-0.1, -0.05) is 0 Å². The third kappa shape index (κ3) is 3.38. The predicted octanol–water partition coefficient (Wildman–Crippen LogP) is 1.00. The minimum absolute atomic E-state index is 0.182. The summed E-state index contributed by atoms with van der Waals surface area (Å²) in [5, 5.41) is 11.4. The summed E-state index contributed by atoms with van der Waals surface area (Å²) in [4.78, 5) is 36.3. The van der Waals surface area contributed by atoms with Gasteiger partial charge in [0.2, 0.25) is 5.91 Å². The molecule has 2 amide bonds. The van der Waals surface area contributed by atoms with E-state index in [9.17, 15) is 18.8 Å². The van der Waals surface area contributed by atoms with E-state index in [1.54, 1.807) is 0 Å². The maximum Gasteiger partial charge on any atom is 0.305 e. The fourth-order valence-corrected chi connectivity index (χ4v) is 2.66. The molecule has 21 heavy (non-hydrogen) atoms. The van der Waals surface area contributed by atoms with Crippen molar-refractivity contribution in [3.63, 3.8) is 0 Å². The highest BCUT2D eigenvalue weighted by Gasteiger charge is 2.35. The Bertz CT molecular complexity index is 608. The highest BCUT2D eigenvalue weighted by molar-refractivity contribution is 9.10. The molecule has 1 aromatic carbocycles. The number of aliphatic carboxylic acids is 1. The maximum absolute atomic E-state index is 13.1. The molecule has 1 heterocycles. The second kappa shape index (κ2) is 6.21. The van der Waals surface area contributed by atoms with E-state index >= 15 is 0 Å². The molecule has 0 radical (unpaired) electrons. The van der Waals surface area contributed by atoms with Crippen LogP contribution in [0.1, 0.15) is 16.8 Å². The van der Waals surface area contributed by atoms with Gasteiger partial charge < -0.3 is 15.3 Å². The Hall–Kier alpha value is -1.96. The molecule has 0 aliphatic carbocycles. The molecule has 0 aromatic heterocycles. The van der Waals surface area contributed by atoms with Crippen molar-refractivity contribution in [2.24, 2.45) is 0 Å². The van der Waals surface area contributed by atoms with Crippen LogP contribution < -0.4 is 5.32 Å². The number of amides is 2. The first-order valence-corrected chi connectivity index (χ1v) is 6.95. The van der Waals surface area contributed by atoms with E-state index in [1.807, 2.05) is 0 Å². The number of hydrogen-bond acceptors (Lipinski definition) is 3. The smallest absolute Gasteiger partial charge is 0.305 e. The number of piperazine rings is 1. The van der Waals surface area contributed by atoms with Crippen LogP contribution in [0.3, 0.4) is 0 Å². The predicted molar refractivity (Wildman–Crippen MR) is 74.2 cm³/mol. The molecule has 112 valence electrons. The molecule has 1 atom stereocenters. The molecule has 2 rings (SSSR count). The van der Waals surface area contributed by atoms with Crippen molar-refractivity contribution in [3.05, 3.63) is 34.1 Å². The van der Waals surface area contributed by atoms with Crippen molar-refractivity contribution in [3.8, 4) is 0 Å². The minimum Gasteiger partial charge on any atom is -0.481 e. The van der Waals surface area contributed by atoms with Gasteiger partial charge >= 0.3 is 5.97 Å². The first-order valence-electron chi connectivity index (χ1n) is 6.15. The number of hydrogen-bond donors (Lipinski definition) is 2. The number of rotatable bonds is 3. The van der Waals surface area contributed by atoms with Crippen LogP contribution in [-0.4, -0.2) is 46.9 Å². The van der Waals surface area contributed by atoms with Crippen LogP contribution in [0.2, 0.25) is 0 Å². The number of nitrogens with one attached hydrogen (secondary N) is 1. The van der Waals surface area contributed by atoms with Gasteiger partial charge in [-0.2, -0.15) is 0 Å². The Morgan fingerprint density at radius 1 is 1.48 bits per heavy atom. The summed E-state index contributed by atoms with van der Waals surface area (Å²) in [6, 6.07) is 2.50. The van der Waals surface area contributed by atoms with Gasteiger partial charge in [-0.05, 0) is 34.1 Å². The van der Waals surface area contributed by atoms with Crippen molar-refractivity contribution in [1.29, 1.82) is 0 Å². The molecule has 0 bridgehead atoms. The lowest BCUT2D eigenvalue weighted by Gasteiger charge is -2.34. The Morgan fingerprint density at radius 2 is 2.19 bits per heavy atom. The number of benzene rings is 1. The number of carbonyl (C=O) groups excluding carboxylic acids is 2. The summed E-state index contributed by atoms with van der Waals surface area (Å²) in [7, 11) is 0. The average molecular weight is 359 g/mol. The molecule has 1 aromatic rings. The highest BCUT2D eigenvalue weighted by atomic mass is 79.9. The molecule has 8 heteroatoms. The summed E-state index contributed by atoms with van der Waals surface area (Å²) in [5.41, 5.74) is 0.182. The first-order chi connectivity index (χ1) is 9.90. The van der Waals surface area contributed by atoms with E-state index in [0.29, 0.717) is 0 Å². The molecule has 0 spiro atoms. The van der Waals surface area contributed by atoms with Gasteiger partial charge in [-0.3, -0.25) is 14.4 Å². The first kappa shape index (κ1) is 15.4. The summed E-state index contributed by atoms with van der Waals surface area (Å²) < 4.78 is 13.3. The van der Waals surface area contributed by atoms with Crippen LogP contribution in [-0.2, 0) is 9.59 Å². The summed E-state index contributed by atoms with van der Waals surface area (Å²) in [6.45, 7) is 0.450. The number of carboxylic acid groups (broad SMARTS) is 1. The van der Waals surface area contributed by atoms with Crippen LogP contribution in [0.25, 0.3) is 0 Å². The lowest BCUT2D eigenvalue weighted by molar-refractivity contribution is -0.142. The molecule has 1 aliphatic heterocycles. The van der Waals surface area contributed by atoms with Gasteiger partial charge in [0.15, 0.2) is 0 Å². The van der Waals surface area contributed by atoms with Crippen LogP contribution in [0, 0.1) is 5.82 Å². The largest absolute Gasteiger partial charge is 0.481 e. The number of nitrogens with zero attached hydrogens (tertiary/aromatic N) is 1. The van der Waals surface area contributed by atoms with E-state index in [1.165, 1.54) is 11.0 Å². The third-order valence-electron chi connectivity index (χ3n) is 3.12. The molecular formula is C13H12BrFN2O4. The topological polar surface area (TPSA) is 86.7 Å². The minimum atomic E-state index is -1.17. The Labute approximate surface area is 128 Å². The fraction of sp³-hybridized carbons (Fsp3) is 0.308. The molecule has 6 nitrogen and oxygen atoms in total. The van der Waals surface area contributed by atoms with E-state index < -0.39 is 36.1 Å². The molecule has 1 fully saturated rings. The molecular weight excluding hydrogens is 347 g/mol. The number of halogens is 2. The van der Waals surface area contributed by atoms with E-state index in [4.69, 9.17) is 5.11 Å². The van der Waals surface area contributed by atoms with Crippen LogP contribution in [0.4, 0.5) is 4.39 Å². The standard InChI is InChI=1S/C13H12BrFN2O4/c14-9-5-7(15)1-2-8(9)13(21)17-4-3-16-12(20)10(17)6-11(18)19/h1-2,5,10H,3-4,6H2,(H,16,20)(H,18,19). The van der Waals surface area contributed by atoms with Gasteiger partial charge in [0.25, 0.3) is 5.91 Å². The Balaban J connectivity index is 2.30. The second-order valence-electron chi connectivity index (χ2n) is 4.53. The van der Waals surface area contributed by atoms with Gasteiger partial charge in [-0.25, -0.2) is 4.39 Å². The van der Waals surface area contributed by atoms with Crippen molar-refractivity contribution >= 4 is 33.7 Å². The molecule has 1 aliphatic rings. The Morgan fingerprint density at radius 3 is 2.81 bits per heavy atom. The lowest BCUT2D eigenvalue weighted by Crippen LogP contribution is -2.57. The molecule has 2 N–H and O–H groups in total. The van der Waals surface area contributed by atoms with Crippen molar-refractivity contribution < 1.29 is 23.9 Å². The average Bonchev–Trinajstić information content (AvgIpc) is 2.40. The number of carboxylic acids is 1. The van der Waals surface area contributed by atoms with Gasteiger partial charge in [-0.15, -0.1) is 0 Å². The van der Waals surface area contributed by atoms with Crippen molar-refractivity contribution in [2.75, 3.05) is 13.1 Å². The number of carbonyl (C=O) groups is 3. The van der Waals surface area contributed by atoms with Crippen LogP contribution in [0.5, 0.6) is 0 Å². The fourth-order valence-electron chi connectivity index (χ4n) is 2.14. The van der Waals surface area contributed by atoms with Crippen LogP contribution in [0.15, 0.2) is 22.7 Å². The third-order valence-corrected chi connectivity index (χ3v) is 3.78. The van der Waals surface area contributed by atoms with Gasteiger partial charge in [0.05, 0.1) is 12.0 Å². The van der Waals surface area contributed by atoms with Crippen LogP contribution >= 0.6 is 15.9 Å². The van der Waals surface area contributed by atoms with Gasteiger partial charge in [0, 0.05) is 17.6 Å². The van der Waals surface area contributed by atoms with E-state index in [2.05, 4.69) is 21.2 Å². The second-order valence-corrected chi connectivity index (χ2v) is 5.38. The Kier molecular flexibility index (Phi) is 4.56. The molecule has 0 saturated carbocycles. The zero-order valence-electron chi connectivity index (χ0n) is 10.8. The molecule has 1 saturated heterocycles. The van der Waals surface area contributed by atoms with Crippen molar-refractivity contribution in [1.82, 2.24) is 10.2 Å². The van der Waals surface area contributed by atoms with Crippen molar-refractivity contribution in [2.45, 2.75) is 12.5 Å². The maximum atomic E-state index is 13.1. The normalized spacial score (nSPS) is 18.3. The monoisotopic (exact) mass is 358 g/mol. The summed E-state index contributed by atoms with van der Waals surface area (Å²) in [5.74, 6) is -2.69. The zero-order valence-corrected chi connectivity index (χ0v) is 12.4. The summed E-state index contributed by atoms with van der Waals surface area (Å²) >= 11 is 3.10. The van der Waals surface area contributed by atoms with E-state index in [-0.39, 0.29) is 23.1 Å². The lowest BCUT2D eigenvalue weighted by atomic mass is 10.1. The van der Waals surface area contributed by atoms with E-state index in [0.717, 1.165) is 12.1 Å². The molecule has 1 unspecified atom stereocenters.